The molecular weight excluding hydrogens is 276 g/mol. The van der Waals surface area contributed by atoms with Crippen LogP contribution < -0.4 is 0 Å². The molecule has 3 heteroatoms. The van der Waals surface area contributed by atoms with Crippen LogP contribution in [0.2, 0.25) is 0 Å². The number of aliphatic hydroxyl groups is 1. The van der Waals surface area contributed by atoms with Gasteiger partial charge < -0.3 is 9.84 Å². The summed E-state index contributed by atoms with van der Waals surface area (Å²) >= 11 is 0. The highest BCUT2D eigenvalue weighted by atomic mass is 16.5. The summed E-state index contributed by atoms with van der Waals surface area (Å²) < 4.78 is 4.86. The van der Waals surface area contributed by atoms with Crippen LogP contribution in [0.15, 0.2) is 48.5 Å². The van der Waals surface area contributed by atoms with Crippen molar-refractivity contribution in [3.63, 3.8) is 0 Å². The fraction of sp³-hybridized carbons (Fsp3) is 0.316. The van der Waals surface area contributed by atoms with E-state index < -0.39 is 6.10 Å². The van der Waals surface area contributed by atoms with Gasteiger partial charge in [-0.05, 0) is 42.5 Å². The van der Waals surface area contributed by atoms with E-state index in [9.17, 15) is 9.90 Å². The summed E-state index contributed by atoms with van der Waals surface area (Å²) in [6, 6.07) is 16.4. The number of benzene rings is 2. The lowest BCUT2D eigenvalue weighted by Gasteiger charge is -2.13. The highest BCUT2D eigenvalue weighted by molar-refractivity contribution is 5.70. The van der Waals surface area contributed by atoms with Gasteiger partial charge >= 0.3 is 5.97 Å². The zero-order chi connectivity index (χ0) is 15.9. The van der Waals surface area contributed by atoms with Gasteiger partial charge in [-0.1, -0.05) is 48.5 Å². The summed E-state index contributed by atoms with van der Waals surface area (Å²) in [7, 11) is 0. The summed E-state index contributed by atoms with van der Waals surface area (Å²) in [6.07, 6.45) is -0.215. The summed E-state index contributed by atoms with van der Waals surface area (Å²) in [5, 5.41) is 10.0. The second-order valence-electron chi connectivity index (χ2n) is 5.37. The molecule has 3 nitrogen and oxygen atoms in total. The van der Waals surface area contributed by atoms with Crippen molar-refractivity contribution in [2.45, 2.75) is 32.8 Å². The highest BCUT2D eigenvalue weighted by Crippen LogP contribution is 2.23. The average Bonchev–Trinajstić information content (AvgIpc) is 2.50. The van der Waals surface area contributed by atoms with Crippen molar-refractivity contribution in [1.29, 1.82) is 0 Å². The largest absolute Gasteiger partial charge is 0.466 e. The highest BCUT2D eigenvalue weighted by Gasteiger charge is 2.13. The first-order chi connectivity index (χ1) is 10.6. The van der Waals surface area contributed by atoms with Crippen LogP contribution in [0.4, 0.5) is 0 Å². The van der Waals surface area contributed by atoms with E-state index >= 15 is 0 Å². The third-order valence-corrected chi connectivity index (χ3v) is 3.61. The normalized spacial score (nSPS) is 12.0. The smallest absolute Gasteiger partial charge is 0.308 e. The minimum Gasteiger partial charge on any atom is -0.466 e. The Morgan fingerprint density at radius 3 is 2.50 bits per heavy atom. The van der Waals surface area contributed by atoms with Gasteiger partial charge in [0.2, 0.25) is 0 Å². The zero-order valence-electron chi connectivity index (χ0n) is 13.1. The molecule has 2 aromatic rings. The molecule has 0 aliphatic carbocycles. The fourth-order valence-corrected chi connectivity index (χ4v) is 2.47. The first-order valence-electron chi connectivity index (χ1n) is 7.58. The van der Waals surface area contributed by atoms with Gasteiger partial charge in [-0.25, -0.2) is 0 Å². The quantitative estimate of drug-likeness (QED) is 0.830. The van der Waals surface area contributed by atoms with Crippen molar-refractivity contribution >= 4 is 5.97 Å². The minimum atomic E-state index is -0.708. The van der Waals surface area contributed by atoms with Gasteiger partial charge in [-0.15, -0.1) is 0 Å². The Kier molecular flexibility index (Phi) is 5.73. The molecule has 0 bridgehead atoms. The van der Waals surface area contributed by atoms with Crippen LogP contribution >= 0.6 is 0 Å². The molecule has 0 aliphatic heterocycles. The Balaban J connectivity index is 2.05. The molecule has 116 valence electrons. The van der Waals surface area contributed by atoms with Crippen molar-refractivity contribution in [3.8, 4) is 11.1 Å². The molecule has 1 N–H and O–H groups in total. The van der Waals surface area contributed by atoms with Crippen LogP contribution in [-0.4, -0.2) is 23.8 Å². The van der Waals surface area contributed by atoms with E-state index in [0.29, 0.717) is 13.0 Å². The van der Waals surface area contributed by atoms with Gasteiger partial charge in [0, 0.05) is 0 Å². The van der Waals surface area contributed by atoms with Crippen LogP contribution in [0.1, 0.15) is 24.5 Å². The second-order valence-corrected chi connectivity index (χ2v) is 5.37. The van der Waals surface area contributed by atoms with Crippen LogP contribution in [0.3, 0.4) is 0 Å². The lowest BCUT2D eigenvalue weighted by molar-refractivity contribution is -0.145. The molecule has 0 saturated carbocycles. The van der Waals surface area contributed by atoms with Crippen LogP contribution in [0.5, 0.6) is 0 Å². The van der Waals surface area contributed by atoms with Gasteiger partial charge in [-0.2, -0.15) is 0 Å². The zero-order valence-corrected chi connectivity index (χ0v) is 13.1. The monoisotopic (exact) mass is 298 g/mol. The summed E-state index contributed by atoms with van der Waals surface area (Å²) in [6.45, 7) is 4.13. The molecule has 0 unspecified atom stereocenters. The van der Waals surface area contributed by atoms with E-state index in [4.69, 9.17) is 4.74 Å². The topological polar surface area (TPSA) is 46.5 Å². The third-order valence-electron chi connectivity index (χ3n) is 3.61. The number of hydrogen-bond donors (Lipinski definition) is 1. The molecule has 0 radical (unpaired) electrons. The molecular formula is C19H22O3. The molecule has 0 aliphatic rings. The minimum absolute atomic E-state index is 0.0354. The maximum Gasteiger partial charge on any atom is 0.308 e. The number of rotatable bonds is 6. The Labute approximate surface area is 131 Å². The van der Waals surface area contributed by atoms with Crippen molar-refractivity contribution < 1.29 is 14.6 Å². The molecule has 2 aromatic carbocycles. The lowest BCUT2D eigenvalue weighted by atomic mass is 9.96. The number of aryl methyl sites for hydroxylation is 1. The standard InChI is InChI=1S/C19H22O3/c1-3-22-19(21)13-18(20)12-16-9-10-17(11-14(16)2)15-7-5-4-6-8-15/h4-11,18,20H,3,12-13H2,1-2H3/t18-/m1/s1. The fourth-order valence-electron chi connectivity index (χ4n) is 2.47. The van der Waals surface area contributed by atoms with Gasteiger partial charge in [0.1, 0.15) is 0 Å². The van der Waals surface area contributed by atoms with Gasteiger partial charge in [0.15, 0.2) is 0 Å². The molecule has 0 amide bonds. The second kappa shape index (κ2) is 7.76. The summed E-state index contributed by atoms with van der Waals surface area (Å²) in [5.74, 6) is -0.353. The van der Waals surface area contributed by atoms with Gasteiger partial charge in [0.25, 0.3) is 0 Å². The number of carbonyl (C=O) groups excluding carboxylic acids is 1. The number of carbonyl (C=O) groups is 1. The SMILES string of the molecule is CCOC(=O)C[C@H](O)Cc1ccc(-c2ccccc2)cc1C. The number of esters is 1. The van der Waals surface area contributed by atoms with E-state index in [1.165, 1.54) is 5.56 Å². The first kappa shape index (κ1) is 16.2. The summed E-state index contributed by atoms with van der Waals surface area (Å²) in [5.41, 5.74) is 4.49. The average molecular weight is 298 g/mol. The van der Waals surface area contributed by atoms with Crippen LogP contribution in [0.25, 0.3) is 11.1 Å². The van der Waals surface area contributed by atoms with Gasteiger partial charge in [-0.3, -0.25) is 4.79 Å². The van der Waals surface area contributed by atoms with E-state index in [2.05, 4.69) is 24.3 Å². The summed E-state index contributed by atoms with van der Waals surface area (Å²) in [4.78, 5) is 11.4. The Bertz CT molecular complexity index is 620. The van der Waals surface area contributed by atoms with E-state index in [1.54, 1.807) is 6.92 Å². The number of hydrogen-bond acceptors (Lipinski definition) is 3. The molecule has 2 rings (SSSR count). The predicted molar refractivity (Wildman–Crippen MR) is 87.6 cm³/mol. The van der Waals surface area contributed by atoms with Crippen molar-refractivity contribution in [2.24, 2.45) is 0 Å². The van der Waals surface area contributed by atoms with Crippen LogP contribution in [0, 0.1) is 6.92 Å². The molecule has 1 atom stereocenters. The van der Waals surface area contributed by atoms with E-state index in [0.717, 1.165) is 16.7 Å². The molecule has 0 saturated heterocycles. The molecule has 0 aromatic heterocycles. The maximum absolute atomic E-state index is 11.4. The molecule has 22 heavy (non-hydrogen) atoms. The van der Waals surface area contributed by atoms with Crippen LogP contribution in [-0.2, 0) is 16.0 Å². The Morgan fingerprint density at radius 2 is 1.86 bits per heavy atom. The third kappa shape index (κ3) is 4.43. The maximum atomic E-state index is 11.4. The number of aliphatic hydroxyl groups excluding tert-OH is 1. The van der Waals surface area contributed by atoms with Crippen molar-refractivity contribution in [1.82, 2.24) is 0 Å². The van der Waals surface area contributed by atoms with Gasteiger partial charge in [0.05, 0.1) is 19.1 Å². The van der Waals surface area contributed by atoms with Crippen molar-refractivity contribution in [3.05, 3.63) is 59.7 Å². The molecule has 0 spiro atoms. The van der Waals surface area contributed by atoms with Crippen molar-refractivity contribution in [2.75, 3.05) is 6.61 Å². The Morgan fingerprint density at radius 1 is 1.14 bits per heavy atom. The van der Waals surface area contributed by atoms with E-state index in [-0.39, 0.29) is 12.4 Å². The molecule has 0 heterocycles. The molecule has 0 fully saturated rings. The first-order valence-corrected chi connectivity index (χ1v) is 7.58. The van der Waals surface area contributed by atoms with E-state index in [1.807, 2.05) is 31.2 Å². The Hall–Kier alpha value is -2.13. The predicted octanol–water partition coefficient (Wildman–Crippen LogP) is 3.52. The lowest BCUT2D eigenvalue weighted by Crippen LogP contribution is -2.18. The number of ether oxygens (including phenoxy) is 1.